The second kappa shape index (κ2) is 8.11. The summed E-state index contributed by atoms with van der Waals surface area (Å²) in [5.74, 6) is 0.406. The minimum atomic E-state index is -0.549. The molecule has 38 heavy (non-hydrogen) atoms. The molecule has 178 valence electrons. The number of nitrogens with zero attached hydrogens (tertiary/aromatic N) is 4. The normalized spacial score (nSPS) is 15.4. The number of fused-ring (bicyclic) bond motifs is 6. The molecule has 0 saturated heterocycles. The van der Waals surface area contributed by atoms with Gasteiger partial charge in [-0.25, -0.2) is 4.98 Å². The summed E-state index contributed by atoms with van der Waals surface area (Å²) in [6.07, 6.45) is 0. The zero-order valence-corrected chi connectivity index (χ0v) is 19.5. The van der Waals surface area contributed by atoms with Gasteiger partial charge in [0.15, 0.2) is 11.6 Å². The molecule has 0 fully saturated rings. The van der Waals surface area contributed by atoms with Gasteiger partial charge in [-0.05, 0) is 24.2 Å². The molecule has 5 aromatic carbocycles. The summed E-state index contributed by atoms with van der Waals surface area (Å²) < 4.78 is 94.4. The lowest BCUT2D eigenvalue weighted by atomic mass is 10.1. The number of hydrogen-bond acceptors (Lipinski definition) is 4. The summed E-state index contributed by atoms with van der Waals surface area (Å²) in [6.45, 7) is 0. The van der Waals surface area contributed by atoms with E-state index in [-0.39, 0.29) is 73.4 Å². The van der Waals surface area contributed by atoms with E-state index < -0.39 is 48.3 Å². The summed E-state index contributed by atoms with van der Waals surface area (Å²) >= 11 is 0. The Kier molecular flexibility index (Phi) is 2.84. The SMILES string of the molecule is [2H]c1c([2H])c([2H])c2c(oc3c([2H])c4c5c([2H])c([2H])c([2H])c([2H])c5n(-c5nc(-c6ccccc6)nc(-c6ccccc6)n5)c4c([2H])c32)c1[2H]. The van der Waals surface area contributed by atoms with E-state index in [4.69, 9.17) is 30.3 Å². The molecular formula is C33H20N4O. The Bertz CT molecular complexity index is 2620. The molecule has 0 atom stereocenters. The van der Waals surface area contributed by atoms with Crippen LogP contribution in [0.25, 0.3) is 72.5 Å². The van der Waals surface area contributed by atoms with E-state index >= 15 is 0 Å². The van der Waals surface area contributed by atoms with Crippen LogP contribution in [0.4, 0.5) is 0 Å². The Morgan fingerprint density at radius 3 is 1.89 bits per heavy atom. The van der Waals surface area contributed by atoms with Crippen molar-refractivity contribution in [3.63, 3.8) is 0 Å². The van der Waals surface area contributed by atoms with E-state index in [9.17, 15) is 2.74 Å². The van der Waals surface area contributed by atoms with E-state index in [2.05, 4.69) is 0 Å². The Hall–Kier alpha value is -5.29. The lowest BCUT2D eigenvalue weighted by Gasteiger charge is -2.10. The average Bonchev–Trinajstić information content (AvgIpc) is 3.70. The van der Waals surface area contributed by atoms with Gasteiger partial charge in [0.2, 0.25) is 5.95 Å². The minimum Gasteiger partial charge on any atom is -0.456 e. The molecular weight excluding hydrogens is 468 g/mol. The lowest BCUT2D eigenvalue weighted by Crippen LogP contribution is -2.06. The standard InChI is InChI=1S/C33H20N4O/c1-3-11-21(12-4-1)31-34-32(22-13-5-2-6-14-22)36-33(35-31)37-27-17-9-7-15-23(27)25-20-30-26(19-28(25)37)24-16-8-10-18-29(24)38-30/h1-20H/i7D,8D,9D,10D,15D,16D,17D,18D,19D,20D. The van der Waals surface area contributed by atoms with Gasteiger partial charge in [-0.1, -0.05) is 96.9 Å². The van der Waals surface area contributed by atoms with Gasteiger partial charge in [-0.15, -0.1) is 0 Å². The molecule has 0 aliphatic heterocycles. The van der Waals surface area contributed by atoms with Crippen molar-refractivity contribution in [2.24, 2.45) is 0 Å². The number of benzene rings is 5. The fourth-order valence-corrected chi connectivity index (χ4v) is 4.59. The Labute approximate surface area is 231 Å². The first-order valence-corrected chi connectivity index (χ1v) is 11.7. The monoisotopic (exact) mass is 498 g/mol. The van der Waals surface area contributed by atoms with Crippen LogP contribution in [0.2, 0.25) is 0 Å². The van der Waals surface area contributed by atoms with Gasteiger partial charge in [0.25, 0.3) is 0 Å². The summed E-state index contributed by atoms with van der Waals surface area (Å²) in [5.41, 5.74) is 0.669. The van der Waals surface area contributed by atoms with Gasteiger partial charge in [0.05, 0.1) is 24.7 Å². The Morgan fingerprint density at radius 1 is 0.553 bits per heavy atom. The molecule has 8 rings (SSSR count). The number of rotatable bonds is 3. The van der Waals surface area contributed by atoms with Crippen LogP contribution in [0.3, 0.4) is 0 Å². The highest BCUT2D eigenvalue weighted by Crippen LogP contribution is 2.38. The molecule has 0 amide bonds. The molecule has 5 nitrogen and oxygen atoms in total. The molecule has 0 spiro atoms. The van der Waals surface area contributed by atoms with Gasteiger partial charge in [0, 0.05) is 32.7 Å². The topological polar surface area (TPSA) is 56.7 Å². The average molecular weight is 499 g/mol. The summed E-state index contributed by atoms with van der Waals surface area (Å²) in [6, 6.07) is 13.4. The van der Waals surface area contributed by atoms with Crippen molar-refractivity contribution < 1.29 is 18.1 Å². The first-order valence-electron chi connectivity index (χ1n) is 16.7. The molecule has 5 heteroatoms. The highest BCUT2D eigenvalue weighted by Gasteiger charge is 2.19. The van der Waals surface area contributed by atoms with Gasteiger partial charge >= 0.3 is 0 Å². The third-order valence-corrected chi connectivity index (χ3v) is 6.31. The van der Waals surface area contributed by atoms with E-state index in [1.54, 1.807) is 24.3 Å². The highest BCUT2D eigenvalue weighted by molar-refractivity contribution is 6.16. The third-order valence-electron chi connectivity index (χ3n) is 6.31. The number of furan rings is 1. The quantitative estimate of drug-likeness (QED) is 0.246. The molecule has 0 N–H and O–H groups in total. The molecule has 3 aromatic heterocycles. The third kappa shape index (κ3) is 3.15. The second-order valence-electron chi connectivity index (χ2n) is 8.56. The first-order chi connectivity index (χ1) is 23.0. The van der Waals surface area contributed by atoms with Crippen molar-refractivity contribution in [2.75, 3.05) is 0 Å². The number of hydrogen-bond donors (Lipinski definition) is 0. The van der Waals surface area contributed by atoms with E-state index in [0.29, 0.717) is 11.1 Å². The molecule has 0 unspecified atom stereocenters. The Balaban J connectivity index is 1.63. The molecule has 3 heterocycles. The van der Waals surface area contributed by atoms with Crippen molar-refractivity contribution in [1.29, 1.82) is 0 Å². The maximum absolute atomic E-state index is 9.52. The van der Waals surface area contributed by atoms with Crippen LogP contribution in [-0.4, -0.2) is 19.5 Å². The number of aromatic nitrogens is 4. The van der Waals surface area contributed by atoms with Gasteiger partial charge in [-0.3, -0.25) is 4.57 Å². The maximum atomic E-state index is 9.52. The van der Waals surface area contributed by atoms with Crippen molar-refractivity contribution >= 4 is 43.7 Å². The largest absolute Gasteiger partial charge is 0.456 e. The number of para-hydroxylation sites is 2. The zero-order valence-electron chi connectivity index (χ0n) is 29.5. The van der Waals surface area contributed by atoms with Crippen molar-refractivity contribution in [3.8, 4) is 28.7 Å². The van der Waals surface area contributed by atoms with Crippen LogP contribution in [0, 0.1) is 0 Å². The summed E-state index contributed by atoms with van der Waals surface area (Å²) in [7, 11) is 0. The smallest absolute Gasteiger partial charge is 0.238 e. The molecule has 0 aliphatic carbocycles. The van der Waals surface area contributed by atoms with Gasteiger partial charge in [-0.2, -0.15) is 9.97 Å². The second-order valence-corrected chi connectivity index (χ2v) is 8.56. The fraction of sp³-hybridized carbons (Fsp3) is 0. The fourth-order valence-electron chi connectivity index (χ4n) is 4.59. The zero-order chi connectivity index (χ0) is 33.8. The van der Waals surface area contributed by atoms with Crippen LogP contribution < -0.4 is 0 Å². The van der Waals surface area contributed by atoms with Crippen molar-refractivity contribution in [3.05, 3.63) is 121 Å². The van der Waals surface area contributed by atoms with Gasteiger partial charge < -0.3 is 4.42 Å². The van der Waals surface area contributed by atoms with Crippen LogP contribution in [-0.2, 0) is 0 Å². The van der Waals surface area contributed by atoms with Crippen LogP contribution >= 0.6 is 0 Å². The predicted octanol–water partition coefficient (Wildman–Crippen LogP) is 8.20. The van der Waals surface area contributed by atoms with Crippen LogP contribution in [0.5, 0.6) is 0 Å². The minimum absolute atomic E-state index is 0.0493. The van der Waals surface area contributed by atoms with Crippen molar-refractivity contribution in [2.45, 2.75) is 0 Å². The van der Waals surface area contributed by atoms with E-state index in [1.165, 1.54) is 4.57 Å². The molecule has 0 saturated carbocycles. The lowest BCUT2D eigenvalue weighted by molar-refractivity contribution is 0.669. The van der Waals surface area contributed by atoms with Crippen LogP contribution in [0.1, 0.15) is 13.7 Å². The van der Waals surface area contributed by atoms with Crippen molar-refractivity contribution in [1.82, 2.24) is 19.5 Å². The molecule has 8 aromatic rings. The highest BCUT2D eigenvalue weighted by atomic mass is 16.3. The Morgan fingerprint density at radius 2 is 1.18 bits per heavy atom. The van der Waals surface area contributed by atoms with Gasteiger partial charge in [0.1, 0.15) is 11.2 Å². The first kappa shape index (κ1) is 13.3. The van der Waals surface area contributed by atoms with Crippen LogP contribution in [0.15, 0.2) is 126 Å². The van der Waals surface area contributed by atoms with E-state index in [0.717, 1.165) is 0 Å². The summed E-state index contributed by atoms with van der Waals surface area (Å²) in [5, 5.41) is -0.293. The predicted molar refractivity (Wildman–Crippen MR) is 152 cm³/mol. The van der Waals surface area contributed by atoms with E-state index in [1.807, 2.05) is 36.4 Å². The molecule has 0 radical (unpaired) electrons. The maximum Gasteiger partial charge on any atom is 0.238 e. The summed E-state index contributed by atoms with van der Waals surface area (Å²) in [4.78, 5) is 14.2. The molecule has 0 aliphatic rings. The molecule has 0 bridgehead atoms.